The molecule has 0 saturated carbocycles. The molecule has 3 rings (SSSR count). The summed E-state index contributed by atoms with van der Waals surface area (Å²) in [7, 11) is -1.75. The van der Waals surface area contributed by atoms with Gasteiger partial charge >= 0.3 is 0 Å². The van der Waals surface area contributed by atoms with Crippen molar-refractivity contribution in [3.05, 3.63) is 78.4 Å². The van der Waals surface area contributed by atoms with Crippen molar-refractivity contribution < 1.29 is 13.2 Å². The molecule has 0 fully saturated rings. The Morgan fingerprint density at radius 2 is 1.71 bits per heavy atom. The van der Waals surface area contributed by atoms with Crippen LogP contribution in [0.3, 0.4) is 0 Å². The van der Waals surface area contributed by atoms with E-state index in [0.29, 0.717) is 11.6 Å². The SMILES string of the molecule is COc1ccc(CS(=O)(=O)Cc2nccn2-c2ccccc2)cc1. The van der Waals surface area contributed by atoms with E-state index in [1.54, 1.807) is 48.3 Å². The van der Waals surface area contributed by atoms with Gasteiger partial charge in [-0.3, -0.25) is 0 Å². The molecule has 3 aromatic rings. The summed E-state index contributed by atoms with van der Waals surface area (Å²) in [6.07, 6.45) is 3.39. The van der Waals surface area contributed by atoms with Crippen LogP contribution < -0.4 is 4.74 Å². The minimum atomic E-state index is -3.33. The van der Waals surface area contributed by atoms with E-state index in [9.17, 15) is 8.42 Å². The highest BCUT2D eigenvalue weighted by Gasteiger charge is 2.17. The van der Waals surface area contributed by atoms with Gasteiger partial charge in [0.1, 0.15) is 17.3 Å². The Morgan fingerprint density at radius 1 is 1.00 bits per heavy atom. The summed E-state index contributed by atoms with van der Waals surface area (Å²) in [5.74, 6) is 1.07. The van der Waals surface area contributed by atoms with E-state index in [-0.39, 0.29) is 11.5 Å². The molecule has 0 N–H and O–H groups in total. The maximum atomic E-state index is 12.5. The quantitative estimate of drug-likeness (QED) is 0.691. The Bertz CT molecular complexity index is 901. The monoisotopic (exact) mass is 342 g/mol. The summed E-state index contributed by atoms with van der Waals surface area (Å²) in [6.45, 7) is 0. The van der Waals surface area contributed by atoms with E-state index < -0.39 is 9.84 Å². The summed E-state index contributed by atoms with van der Waals surface area (Å²) < 4.78 is 31.9. The van der Waals surface area contributed by atoms with Gasteiger partial charge in [0, 0.05) is 18.1 Å². The molecule has 0 atom stereocenters. The van der Waals surface area contributed by atoms with Crippen molar-refractivity contribution in [1.29, 1.82) is 0 Å². The fourth-order valence-electron chi connectivity index (χ4n) is 2.49. The Balaban J connectivity index is 1.79. The van der Waals surface area contributed by atoms with Crippen LogP contribution in [0.25, 0.3) is 5.69 Å². The maximum Gasteiger partial charge on any atom is 0.161 e. The molecular weight excluding hydrogens is 324 g/mol. The predicted molar refractivity (Wildman–Crippen MR) is 92.9 cm³/mol. The fraction of sp³-hybridized carbons (Fsp3) is 0.167. The third-order valence-electron chi connectivity index (χ3n) is 3.65. The number of aromatic nitrogens is 2. The lowest BCUT2D eigenvalue weighted by molar-refractivity contribution is 0.414. The number of methoxy groups -OCH3 is 1. The molecule has 1 aromatic heterocycles. The molecule has 0 radical (unpaired) electrons. The third-order valence-corrected chi connectivity index (χ3v) is 5.12. The van der Waals surface area contributed by atoms with Gasteiger partial charge in [0.05, 0.1) is 12.9 Å². The number of benzene rings is 2. The lowest BCUT2D eigenvalue weighted by Gasteiger charge is -2.09. The first-order valence-corrected chi connectivity index (χ1v) is 9.30. The summed E-state index contributed by atoms with van der Waals surface area (Å²) in [5, 5.41) is 0. The highest BCUT2D eigenvalue weighted by molar-refractivity contribution is 7.89. The van der Waals surface area contributed by atoms with Gasteiger partial charge in [-0.1, -0.05) is 30.3 Å². The highest BCUT2D eigenvalue weighted by atomic mass is 32.2. The molecule has 2 aromatic carbocycles. The summed E-state index contributed by atoms with van der Waals surface area (Å²) in [6, 6.07) is 16.6. The van der Waals surface area contributed by atoms with E-state index in [1.807, 2.05) is 30.3 Å². The Kier molecular flexibility index (Phi) is 4.66. The first-order chi connectivity index (χ1) is 11.6. The van der Waals surface area contributed by atoms with E-state index in [1.165, 1.54) is 0 Å². The Morgan fingerprint density at radius 3 is 2.38 bits per heavy atom. The highest BCUT2D eigenvalue weighted by Crippen LogP contribution is 2.17. The van der Waals surface area contributed by atoms with Gasteiger partial charge in [0.15, 0.2) is 9.84 Å². The number of nitrogens with zero attached hydrogens (tertiary/aromatic N) is 2. The standard InChI is InChI=1S/C18H18N2O3S/c1-23-17-9-7-15(8-10-17)13-24(21,22)14-18-19-11-12-20(18)16-5-3-2-4-6-16/h2-12H,13-14H2,1H3. The lowest BCUT2D eigenvalue weighted by Crippen LogP contribution is -2.12. The zero-order valence-electron chi connectivity index (χ0n) is 13.3. The van der Waals surface area contributed by atoms with Crippen LogP contribution in [0.1, 0.15) is 11.4 Å². The number of hydrogen-bond donors (Lipinski definition) is 0. The molecular formula is C18H18N2O3S. The summed E-state index contributed by atoms with van der Waals surface area (Å²) in [4.78, 5) is 4.21. The Labute approximate surface area is 141 Å². The second-order valence-electron chi connectivity index (χ2n) is 5.43. The molecule has 6 heteroatoms. The number of sulfone groups is 1. The smallest absolute Gasteiger partial charge is 0.161 e. The van der Waals surface area contributed by atoms with Gasteiger partial charge in [0.2, 0.25) is 0 Å². The molecule has 0 spiro atoms. The van der Waals surface area contributed by atoms with Crippen LogP contribution in [0.2, 0.25) is 0 Å². The summed E-state index contributed by atoms with van der Waals surface area (Å²) >= 11 is 0. The van der Waals surface area contributed by atoms with Gasteiger partial charge in [-0.05, 0) is 29.8 Å². The van der Waals surface area contributed by atoms with Crippen molar-refractivity contribution in [2.45, 2.75) is 11.5 Å². The molecule has 24 heavy (non-hydrogen) atoms. The van der Waals surface area contributed by atoms with Crippen molar-refractivity contribution >= 4 is 9.84 Å². The fourth-order valence-corrected chi connectivity index (χ4v) is 3.90. The number of ether oxygens (including phenoxy) is 1. The van der Waals surface area contributed by atoms with E-state index in [0.717, 1.165) is 11.3 Å². The molecule has 0 aliphatic heterocycles. The van der Waals surface area contributed by atoms with Gasteiger partial charge in [-0.25, -0.2) is 13.4 Å². The normalized spacial score (nSPS) is 11.4. The zero-order valence-corrected chi connectivity index (χ0v) is 14.1. The van der Waals surface area contributed by atoms with Crippen LogP contribution in [0, 0.1) is 0 Å². The molecule has 5 nitrogen and oxygen atoms in total. The van der Waals surface area contributed by atoms with E-state index in [4.69, 9.17) is 4.74 Å². The van der Waals surface area contributed by atoms with Crippen molar-refractivity contribution in [3.63, 3.8) is 0 Å². The van der Waals surface area contributed by atoms with Crippen molar-refractivity contribution in [1.82, 2.24) is 9.55 Å². The number of rotatable bonds is 6. The second kappa shape index (κ2) is 6.88. The van der Waals surface area contributed by atoms with Crippen LogP contribution in [0.15, 0.2) is 67.0 Å². The minimum Gasteiger partial charge on any atom is -0.497 e. The van der Waals surface area contributed by atoms with Gasteiger partial charge in [-0.15, -0.1) is 0 Å². The van der Waals surface area contributed by atoms with Gasteiger partial charge in [0.25, 0.3) is 0 Å². The molecule has 0 unspecified atom stereocenters. The van der Waals surface area contributed by atoms with E-state index in [2.05, 4.69) is 4.98 Å². The zero-order chi connectivity index (χ0) is 17.0. The van der Waals surface area contributed by atoms with Gasteiger partial charge in [-0.2, -0.15) is 0 Å². The average molecular weight is 342 g/mol. The molecule has 0 saturated heterocycles. The number of para-hydroxylation sites is 1. The van der Waals surface area contributed by atoms with Crippen LogP contribution in [-0.4, -0.2) is 25.1 Å². The Hall–Kier alpha value is -2.60. The maximum absolute atomic E-state index is 12.5. The van der Waals surface area contributed by atoms with Crippen molar-refractivity contribution in [3.8, 4) is 11.4 Å². The average Bonchev–Trinajstić information content (AvgIpc) is 3.03. The van der Waals surface area contributed by atoms with Crippen molar-refractivity contribution in [2.75, 3.05) is 7.11 Å². The largest absolute Gasteiger partial charge is 0.497 e. The topological polar surface area (TPSA) is 61.2 Å². The molecule has 0 aliphatic carbocycles. The van der Waals surface area contributed by atoms with E-state index >= 15 is 0 Å². The van der Waals surface area contributed by atoms with Crippen LogP contribution in [-0.2, 0) is 21.3 Å². The third kappa shape index (κ3) is 3.83. The molecule has 0 bridgehead atoms. The van der Waals surface area contributed by atoms with Crippen LogP contribution in [0.5, 0.6) is 5.75 Å². The first kappa shape index (κ1) is 16.3. The minimum absolute atomic E-state index is 0.0291. The molecule has 1 heterocycles. The molecule has 124 valence electrons. The number of imidazole rings is 1. The molecule has 0 aliphatic rings. The second-order valence-corrected chi connectivity index (χ2v) is 7.49. The van der Waals surface area contributed by atoms with Crippen LogP contribution in [0.4, 0.5) is 0 Å². The lowest BCUT2D eigenvalue weighted by atomic mass is 10.2. The van der Waals surface area contributed by atoms with Crippen molar-refractivity contribution in [2.24, 2.45) is 0 Å². The summed E-state index contributed by atoms with van der Waals surface area (Å²) in [5.41, 5.74) is 1.62. The first-order valence-electron chi connectivity index (χ1n) is 7.48. The molecule has 0 amide bonds. The number of hydrogen-bond acceptors (Lipinski definition) is 4. The van der Waals surface area contributed by atoms with Gasteiger partial charge < -0.3 is 9.30 Å². The predicted octanol–water partition coefficient (Wildman–Crippen LogP) is 3.00. The van der Waals surface area contributed by atoms with Crippen LogP contribution >= 0.6 is 0 Å².